The zero-order chi connectivity index (χ0) is 17.9. The van der Waals surface area contributed by atoms with Gasteiger partial charge in [-0.25, -0.2) is 10.4 Å². The zero-order valence-corrected chi connectivity index (χ0v) is 14.9. The SMILES string of the molecule is C[C@H](Nc1nc2ccccc2s1)C(=O)N/N=C/c1c[nH]c2ccccc12. The van der Waals surface area contributed by atoms with E-state index in [1.807, 2.05) is 54.7 Å². The number of H-pyrrole nitrogens is 1. The van der Waals surface area contributed by atoms with E-state index in [1.165, 1.54) is 11.3 Å². The second-order valence-electron chi connectivity index (χ2n) is 5.88. The highest BCUT2D eigenvalue weighted by Crippen LogP contribution is 2.25. The van der Waals surface area contributed by atoms with Crippen LogP contribution in [0.25, 0.3) is 21.1 Å². The van der Waals surface area contributed by atoms with Crippen molar-refractivity contribution in [3.05, 3.63) is 60.3 Å². The lowest BCUT2D eigenvalue weighted by Crippen LogP contribution is -2.34. The molecule has 4 rings (SSSR count). The molecule has 26 heavy (non-hydrogen) atoms. The van der Waals surface area contributed by atoms with Gasteiger partial charge in [0.1, 0.15) is 6.04 Å². The van der Waals surface area contributed by atoms with Crippen molar-refractivity contribution >= 4 is 49.7 Å². The molecule has 1 amide bonds. The van der Waals surface area contributed by atoms with Gasteiger partial charge in [0.2, 0.25) is 0 Å². The summed E-state index contributed by atoms with van der Waals surface area (Å²) in [6.07, 6.45) is 3.50. The van der Waals surface area contributed by atoms with E-state index in [4.69, 9.17) is 0 Å². The summed E-state index contributed by atoms with van der Waals surface area (Å²) in [7, 11) is 0. The van der Waals surface area contributed by atoms with E-state index in [2.05, 4.69) is 25.8 Å². The molecule has 2 aromatic carbocycles. The van der Waals surface area contributed by atoms with Crippen molar-refractivity contribution in [3.63, 3.8) is 0 Å². The number of rotatable bonds is 5. The van der Waals surface area contributed by atoms with Gasteiger partial charge in [-0.15, -0.1) is 0 Å². The van der Waals surface area contributed by atoms with Gasteiger partial charge in [-0.2, -0.15) is 5.10 Å². The lowest BCUT2D eigenvalue weighted by molar-refractivity contribution is -0.121. The maximum Gasteiger partial charge on any atom is 0.262 e. The number of carbonyl (C=O) groups excluding carboxylic acids is 1. The fourth-order valence-electron chi connectivity index (χ4n) is 2.65. The summed E-state index contributed by atoms with van der Waals surface area (Å²) < 4.78 is 1.08. The Labute approximate surface area is 154 Å². The number of amides is 1. The maximum atomic E-state index is 12.2. The summed E-state index contributed by atoms with van der Waals surface area (Å²) >= 11 is 1.52. The van der Waals surface area contributed by atoms with E-state index in [-0.39, 0.29) is 5.91 Å². The molecule has 0 radical (unpaired) electrons. The van der Waals surface area contributed by atoms with Crippen LogP contribution in [-0.2, 0) is 4.79 Å². The molecule has 0 saturated carbocycles. The van der Waals surface area contributed by atoms with Gasteiger partial charge in [0, 0.05) is 22.7 Å². The fraction of sp³-hybridized carbons (Fsp3) is 0.105. The molecule has 0 bridgehead atoms. The molecule has 7 heteroatoms. The van der Waals surface area contributed by atoms with Gasteiger partial charge in [0.05, 0.1) is 16.4 Å². The number of benzene rings is 2. The van der Waals surface area contributed by atoms with Crippen molar-refractivity contribution in [2.75, 3.05) is 5.32 Å². The van der Waals surface area contributed by atoms with Crippen LogP contribution in [0.5, 0.6) is 0 Å². The van der Waals surface area contributed by atoms with E-state index in [9.17, 15) is 4.79 Å². The first-order chi connectivity index (χ1) is 12.7. The minimum atomic E-state index is -0.448. The number of fused-ring (bicyclic) bond motifs is 2. The molecule has 0 fully saturated rings. The molecule has 0 aliphatic rings. The van der Waals surface area contributed by atoms with Gasteiger partial charge < -0.3 is 10.3 Å². The van der Waals surface area contributed by atoms with Crippen LogP contribution in [0.3, 0.4) is 0 Å². The first-order valence-corrected chi connectivity index (χ1v) is 9.03. The molecule has 2 aromatic heterocycles. The predicted molar refractivity (Wildman–Crippen MR) is 107 cm³/mol. The summed E-state index contributed by atoms with van der Waals surface area (Å²) in [5.41, 5.74) is 5.45. The van der Waals surface area contributed by atoms with Crippen molar-refractivity contribution in [2.24, 2.45) is 5.10 Å². The van der Waals surface area contributed by atoms with Gasteiger partial charge in [0.25, 0.3) is 5.91 Å². The van der Waals surface area contributed by atoms with Crippen molar-refractivity contribution < 1.29 is 4.79 Å². The molecule has 3 N–H and O–H groups in total. The Morgan fingerprint density at radius 2 is 2.04 bits per heavy atom. The summed E-state index contributed by atoms with van der Waals surface area (Å²) in [6, 6.07) is 15.4. The first-order valence-electron chi connectivity index (χ1n) is 8.22. The third-order valence-electron chi connectivity index (χ3n) is 4.03. The van der Waals surface area contributed by atoms with Crippen LogP contribution in [0.4, 0.5) is 5.13 Å². The maximum absolute atomic E-state index is 12.2. The molecule has 0 unspecified atom stereocenters. The minimum Gasteiger partial charge on any atom is -0.361 e. The van der Waals surface area contributed by atoms with Crippen LogP contribution in [0.15, 0.2) is 59.8 Å². The number of carbonyl (C=O) groups is 1. The quantitative estimate of drug-likeness (QED) is 0.373. The number of nitrogens with one attached hydrogen (secondary N) is 3. The number of anilines is 1. The largest absolute Gasteiger partial charge is 0.361 e. The Morgan fingerprint density at radius 3 is 2.92 bits per heavy atom. The van der Waals surface area contributed by atoms with E-state index in [0.717, 1.165) is 31.8 Å². The summed E-state index contributed by atoms with van der Waals surface area (Å²) in [4.78, 5) is 19.9. The van der Waals surface area contributed by atoms with E-state index < -0.39 is 6.04 Å². The number of thiazole rings is 1. The van der Waals surface area contributed by atoms with Crippen LogP contribution in [-0.4, -0.2) is 28.1 Å². The standard InChI is InChI=1S/C19H17N5OS/c1-12(22-19-23-16-8-4-5-9-17(16)26-19)18(25)24-21-11-13-10-20-15-7-3-2-6-14(13)15/h2-12,20H,1H3,(H,22,23)(H,24,25)/b21-11+/t12-/m0/s1. The Balaban J connectivity index is 1.39. The van der Waals surface area contributed by atoms with Crippen LogP contribution < -0.4 is 10.7 Å². The lowest BCUT2D eigenvalue weighted by Gasteiger charge is -2.10. The van der Waals surface area contributed by atoms with E-state index in [0.29, 0.717) is 0 Å². The van der Waals surface area contributed by atoms with Gasteiger partial charge in [0.15, 0.2) is 5.13 Å². The van der Waals surface area contributed by atoms with Gasteiger partial charge >= 0.3 is 0 Å². The Morgan fingerprint density at radius 1 is 1.23 bits per heavy atom. The highest BCUT2D eigenvalue weighted by molar-refractivity contribution is 7.22. The molecule has 0 aliphatic heterocycles. The number of para-hydroxylation sites is 2. The first kappa shape index (κ1) is 16.3. The Hall–Kier alpha value is -3.19. The Kier molecular flexibility index (Phi) is 4.37. The smallest absolute Gasteiger partial charge is 0.262 e. The molecule has 1 atom stereocenters. The number of aromatic amines is 1. The van der Waals surface area contributed by atoms with Crippen molar-refractivity contribution in [3.8, 4) is 0 Å². The van der Waals surface area contributed by atoms with Crippen molar-refractivity contribution in [2.45, 2.75) is 13.0 Å². The number of aromatic nitrogens is 2. The minimum absolute atomic E-state index is 0.222. The summed E-state index contributed by atoms with van der Waals surface area (Å²) in [6.45, 7) is 1.78. The molecule has 2 heterocycles. The van der Waals surface area contributed by atoms with Crippen LogP contribution >= 0.6 is 11.3 Å². The second-order valence-corrected chi connectivity index (χ2v) is 6.91. The highest BCUT2D eigenvalue weighted by Gasteiger charge is 2.14. The third-order valence-corrected chi connectivity index (χ3v) is 4.99. The second kappa shape index (κ2) is 6.97. The molecule has 6 nitrogen and oxygen atoms in total. The lowest BCUT2D eigenvalue weighted by atomic mass is 10.2. The molecule has 0 spiro atoms. The van der Waals surface area contributed by atoms with E-state index in [1.54, 1.807) is 13.1 Å². The predicted octanol–water partition coefficient (Wildman–Crippen LogP) is 3.73. The molecule has 0 saturated heterocycles. The highest BCUT2D eigenvalue weighted by atomic mass is 32.1. The van der Waals surface area contributed by atoms with Gasteiger partial charge in [-0.1, -0.05) is 41.7 Å². The number of hydrazone groups is 1. The molecular weight excluding hydrogens is 346 g/mol. The summed E-state index contributed by atoms with van der Waals surface area (Å²) in [5, 5.41) is 8.97. The zero-order valence-electron chi connectivity index (χ0n) is 14.1. The topological polar surface area (TPSA) is 82.2 Å². The number of hydrogen-bond donors (Lipinski definition) is 3. The fourth-order valence-corrected chi connectivity index (χ4v) is 3.60. The number of hydrogen-bond acceptors (Lipinski definition) is 5. The normalized spacial score (nSPS) is 12.7. The van der Waals surface area contributed by atoms with Crippen LogP contribution in [0.2, 0.25) is 0 Å². The molecule has 130 valence electrons. The number of nitrogens with zero attached hydrogens (tertiary/aromatic N) is 2. The van der Waals surface area contributed by atoms with Gasteiger partial charge in [-0.3, -0.25) is 4.79 Å². The van der Waals surface area contributed by atoms with Crippen molar-refractivity contribution in [1.82, 2.24) is 15.4 Å². The Bertz CT molecular complexity index is 1060. The third kappa shape index (κ3) is 3.29. The molecule has 4 aromatic rings. The van der Waals surface area contributed by atoms with Crippen LogP contribution in [0.1, 0.15) is 12.5 Å². The molecule has 0 aliphatic carbocycles. The summed E-state index contributed by atoms with van der Waals surface area (Å²) in [5.74, 6) is -0.222. The van der Waals surface area contributed by atoms with Gasteiger partial charge in [-0.05, 0) is 25.1 Å². The van der Waals surface area contributed by atoms with Crippen molar-refractivity contribution in [1.29, 1.82) is 0 Å². The average Bonchev–Trinajstić information content (AvgIpc) is 3.25. The average molecular weight is 363 g/mol. The van der Waals surface area contributed by atoms with E-state index >= 15 is 0 Å². The monoisotopic (exact) mass is 363 g/mol. The molecular formula is C19H17N5OS. The van der Waals surface area contributed by atoms with Crippen LogP contribution in [0, 0.1) is 0 Å².